The zero-order chi connectivity index (χ0) is 18.0. The minimum atomic E-state index is -0.778. The van der Waals surface area contributed by atoms with Crippen LogP contribution < -0.4 is 0 Å². The predicted molar refractivity (Wildman–Crippen MR) is 104 cm³/mol. The van der Waals surface area contributed by atoms with E-state index < -0.39 is 5.97 Å². The molecule has 0 heterocycles. The highest BCUT2D eigenvalue weighted by Crippen LogP contribution is 2.15. The minimum Gasteiger partial charge on any atom is -0.481 e. The fourth-order valence-electron chi connectivity index (χ4n) is 1.61. The predicted octanol–water partition coefficient (Wildman–Crippen LogP) is 4.22. The molecular formula is C22H20O2S. The van der Waals surface area contributed by atoms with Crippen LogP contribution in [0.5, 0.6) is 0 Å². The molecule has 0 saturated carbocycles. The zero-order valence-electron chi connectivity index (χ0n) is 14.1. The summed E-state index contributed by atoms with van der Waals surface area (Å²) in [7, 11) is 0. The van der Waals surface area contributed by atoms with Crippen molar-refractivity contribution in [2.45, 2.75) is 43.4 Å². The van der Waals surface area contributed by atoms with Gasteiger partial charge in [0.15, 0.2) is 0 Å². The van der Waals surface area contributed by atoms with E-state index in [1.807, 2.05) is 18.2 Å². The van der Waals surface area contributed by atoms with Crippen molar-refractivity contribution in [2.24, 2.45) is 0 Å². The third-order valence-electron chi connectivity index (χ3n) is 2.78. The summed E-state index contributed by atoms with van der Waals surface area (Å²) >= 11 is 1.72. The molecule has 1 aromatic carbocycles. The Kier molecular flexibility index (Phi) is 12.1. The second-order valence-corrected chi connectivity index (χ2v) is 5.84. The van der Waals surface area contributed by atoms with E-state index in [-0.39, 0.29) is 6.42 Å². The standard InChI is InChI=1S/C22H20O2S/c23-22(24)19-15-10-8-6-4-2-1-3-5-7-9-11-16-20-25-21-17-13-12-14-18-21/h12-14,17-18H,3-4,9-10,15,19-20H2,(H,23,24). The van der Waals surface area contributed by atoms with Gasteiger partial charge in [-0.25, -0.2) is 0 Å². The Balaban J connectivity index is 2.06. The highest BCUT2D eigenvalue weighted by Gasteiger charge is 1.92. The molecule has 0 spiro atoms. The minimum absolute atomic E-state index is 0.170. The molecule has 0 bridgehead atoms. The molecule has 0 unspecified atom stereocenters. The SMILES string of the molecule is O=C(O)CCCC#CCC#CCC#CCC#CCSc1ccccc1. The first-order valence-electron chi connectivity index (χ1n) is 8.01. The van der Waals surface area contributed by atoms with Crippen LogP contribution >= 0.6 is 11.8 Å². The normalized spacial score (nSPS) is 8.32. The zero-order valence-corrected chi connectivity index (χ0v) is 14.9. The Hall–Kier alpha value is -2.72. The van der Waals surface area contributed by atoms with Crippen LogP contribution in [-0.4, -0.2) is 16.8 Å². The van der Waals surface area contributed by atoms with Gasteiger partial charge in [-0.05, 0) is 18.6 Å². The molecule has 0 saturated heterocycles. The van der Waals surface area contributed by atoms with E-state index >= 15 is 0 Å². The van der Waals surface area contributed by atoms with Gasteiger partial charge < -0.3 is 5.11 Å². The lowest BCUT2D eigenvalue weighted by molar-refractivity contribution is -0.137. The Bertz CT molecular complexity index is 766. The van der Waals surface area contributed by atoms with Crippen molar-refractivity contribution in [3.8, 4) is 47.4 Å². The molecule has 0 aliphatic rings. The number of carboxylic acids is 1. The molecule has 1 rings (SSSR count). The molecule has 0 radical (unpaired) electrons. The van der Waals surface area contributed by atoms with Crippen LogP contribution in [0, 0.1) is 47.4 Å². The van der Waals surface area contributed by atoms with Crippen molar-refractivity contribution in [1.29, 1.82) is 0 Å². The smallest absolute Gasteiger partial charge is 0.303 e. The lowest BCUT2D eigenvalue weighted by Crippen LogP contribution is -1.92. The van der Waals surface area contributed by atoms with Crippen LogP contribution in [0.4, 0.5) is 0 Å². The van der Waals surface area contributed by atoms with Crippen LogP contribution in [0.25, 0.3) is 0 Å². The van der Waals surface area contributed by atoms with Crippen LogP contribution in [0.3, 0.4) is 0 Å². The van der Waals surface area contributed by atoms with Crippen molar-refractivity contribution in [3.63, 3.8) is 0 Å². The second kappa shape index (κ2) is 14.8. The van der Waals surface area contributed by atoms with E-state index in [0.29, 0.717) is 32.1 Å². The fourth-order valence-corrected chi connectivity index (χ4v) is 2.30. The van der Waals surface area contributed by atoms with Gasteiger partial charge in [0, 0.05) is 17.7 Å². The van der Waals surface area contributed by atoms with E-state index in [1.165, 1.54) is 4.90 Å². The maximum absolute atomic E-state index is 10.3. The van der Waals surface area contributed by atoms with Gasteiger partial charge in [-0.15, -0.1) is 17.7 Å². The van der Waals surface area contributed by atoms with Gasteiger partial charge in [0.05, 0.1) is 25.0 Å². The van der Waals surface area contributed by atoms with Crippen LogP contribution in [0.2, 0.25) is 0 Å². The quantitative estimate of drug-likeness (QED) is 0.492. The van der Waals surface area contributed by atoms with Crippen LogP contribution in [-0.2, 0) is 4.79 Å². The van der Waals surface area contributed by atoms with Crippen molar-refractivity contribution >= 4 is 17.7 Å². The summed E-state index contributed by atoms with van der Waals surface area (Å²) in [6.07, 6.45) is 2.97. The number of carbonyl (C=O) groups is 1. The van der Waals surface area contributed by atoms with E-state index in [1.54, 1.807) is 11.8 Å². The average molecular weight is 348 g/mol. The number of carboxylic acid groups (broad SMARTS) is 1. The largest absolute Gasteiger partial charge is 0.481 e. The van der Waals surface area contributed by atoms with Gasteiger partial charge in [0.25, 0.3) is 0 Å². The van der Waals surface area contributed by atoms with E-state index in [2.05, 4.69) is 59.5 Å². The van der Waals surface area contributed by atoms with Crippen molar-refractivity contribution in [2.75, 3.05) is 5.75 Å². The molecule has 0 aromatic heterocycles. The molecule has 1 aromatic rings. The topological polar surface area (TPSA) is 37.3 Å². The Labute approximate surface area is 154 Å². The highest BCUT2D eigenvalue weighted by molar-refractivity contribution is 7.99. The van der Waals surface area contributed by atoms with Crippen molar-refractivity contribution in [3.05, 3.63) is 30.3 Å². The first-order valence-corrected chi connectivity index (χ1v) is 9.00. The van der Waals surface area contributed by atoms with Crippen molar-refractivity contribution in [1.82, 2.24) is 0 Å². The molecule has 2 nitrogen and oxygen atoms in total. The number of rotatable bonds is 5. The Morgan fingerprint density at radius 1 is 0.840 bits per heavy atom. The van der Waals surface area contributed by atoms with Gasteiger partial charge in [0.2, 0.25) is 0 Å². The number of hydrogen-bond acceptors (Lipinski definition) is 2. The molecule has 0 fully saturated rings. The summed E-state index contributed by atoms with van der Waals surface area (Å²) in [5, 5.41) is 8.47. The average Bonchev–Trinajstić information content (AvgIpc) is 2.62. The number of thioether (sulfide) groups is 1. The molecule has 0 atom stereocenters. The lowest BCUT2D eigenvalue weighted by Gasteiger charge is -1.93. The third kappa shape index (κ3) is 13.4. The summed E-state index contributed by atoms with van der Waals surface area (Å²) in [4.78, 5) is 11.5. The van der Waals surface area contributed by atoms with Gasteiger partial charge in [-0.2, -0.15) is 0 Å². The van der Waals surface area contributed by atoms with Crippen molar-refractivity contribution < 1.29 is 9.90 Å². The maximum Gasteiger partial charge on any atom is 0.303 e. The summed E-state index contributed by atoms with van der Waals surface area (Å²) in [6.45, 7) is 0. The number of hydrogen-bond donors (Lipinski definition) is 1. The number of unbranched alkanes of at least 4 members (excludes halogenated alkanes) is 1. The number of aliphatic carboxylic acids is 1. The monoisotopic (exact) mass is 348 g/mol. The van der Waals surface area contributed by atoms with Gasteiger partial charge >= 0.3 is 5.97 Å². The van der Waals surface area contributed by atoms with Gasteiger partial charge in [-0.1, -0.05) is 59.6 Å². The fraction of sp³-hybridized carbons (Fsp3) is 0.318. The Morgan fingerprint density at radius 3 is 2.00 bits per heavy atom. The first-order chi connectivity index (χ1) is 12.3. The van der Waals surface area contributed by atoms with Gasteiger partial charge in [0.1, 0.15) is 0 Å². The molecule has 0 aliphatic heterocycles. The maximum atomic E-state index is 10.3. The molecular weight excluding hydrogens is 328 g/mol. The van der Waals surface area contributed by atoms with Crippen LogP contribution in [0.1, 0.15) is 38.5 Å². The lowest BCUT2D eigenvalue weighted by atomic mass is 10.2. The molecule has 0 aliphatic carbocycles. The first kappa shape index (κ1) is 20.3. The Morgan fingerprint density at radius 2 is 1.40 bits per heavy atom. The molecule has 1 N–H and O–H groups in total. The van der Waals surface area contributed by atoms with E-state index in [4.69, 9.17) is 5.11 Å². The van der Waals surface area contributed by atoms with E-state index in [0.717, 1.165) is 5.75 Å². The van der Waals surface area contributed by atoms with Crippen LogP contribution in [0.15, 0.2) is 35.2 Å². The molecule has 0 amide bonds. The summed E-state index contributed by atoms with van der Waals surface area (Å²) in [6, 6.07) is 10.2. The summed E-state index contributed by atoms with van der Waals surface area (Å²) in [5.41, 5.74) is 0. The molecule has 126 valence electrons. The number of benzene rings is 1. The van der Waals surface area contributed by atoms with Gasteiger partial charge in [-0.3, -0.25) is 4.79 Å². The highest BCUT2D eigenvalue weighted by atomic mass is 32.2. The third-order valence-corrected chi connectivity index (χ3v) is 3.67. The van der Waals surface area contributed by atoms with E-state index in [9.17, 15) is 4.79 Å². The summed E-state index contributed by atoms with van der Waals surface area (Å²) in [5.74, 6) is 23.8. The molecule has 3 heteroatoms. The summed E-state index contributed by atoms with van der Waals surface area (Å²) < 4.78 is 0. The second-order valence-electron chi connectivity index (χ2n) is 4.79. The molecule has 25 heavy (non-hydrogen) atoms.